The molecule has 0 bridgehead atoms. The number of amides is 2. The van der Waals surface area contributed by atoms with Crippen LogP contribution < -0.4 is 10.2 Å². The van der Waals surface area contributed by atoms with Gasteiger partial charge >= 0.3 is 0 Å². The van der Waals surface area contributed by atoms with Gasteiger partial charge < -0.3 is 19.5 Å². The molecule has 0 radical (unpaired) electrons. The van der Waals surface area contributed by atoms with Crippen LogP contribution in [-0.4, -0.2) is 37.4 Å². The molecule has 1 aliphatic rings. The highest BCUT2D eigenvalue weighted by atomic mass is 16.3. The second-order valence-electron chi connectivity index (χ2n) is 5.58. The van der Waals surface area contributed by atoms with Crippen LogP contribution in [0.1, 0.15) is 27.8 Å². The molecule has 3 rings (SSSR count). The molecule has 0 saturated heterocycles. The summed E-state index contributed by atoms with van der Waals surface area (Å²) in [5.74, 6) is 0.450. The lowest BCUT2D eigenvalue weighted by Crippen LogP contribution is -2.50. The SMILES string of the molecule is CNC(=O)CN1c2ccccc2C(=O)N(C)[C@@H]1c1occc1C. The van der Waals surface area contributed by atoms with Crippen molar-refractivity contribution in [2.45, 2.75) is 13.1 Å². The molecular formula is C17H19N3O3. The number of hydrogen-bond donors (Lipinski definition) is 1. The Morgan fingerprint density at radius 1 is 1.30 bits per heavy atom. The van der Waals surface area contributed by atoms with E-state index < -0.39 is 6.17 Å². The number of fused-ring (bicyclic) bond motifs is 1. The third kappa shape index (κ3) is 2.46. The molecule has 120 valence electrons. The minimum atomic E-state index is -0.454. The van der Waals surface area contributed by atoms with E-state index in [2.05, 4.69) is 5.32 Å². The van der Waals surface area contributed by atoms with Crippen molar-refractivity contribution in [3.05, 3.63) is 53.5 Å². The molecule has 2 amide bonds. The highest BCUT2D eigenvalue weighted by molar-refractivity contribution is 6.02. The Bertz CT molecular complexity index is 753. The van der Waals surface area contributed by atoms with E-state index in [9.17, 15) is 9.59 Å². The van der Waals surface area contributed by atoms with Crippen LogP contribution in [0.5, 0.6) is 0 Å². The van der Waals surface area contributed by atoms with Crippen LogP contribution >= 0.6 is 0 Å². The molecule has 1 atom stereocenters. The predicted octanol–water partition coefficient (Wildman–Crippen LogP) is 1.92. The topological polar surface area (TPSA) is 65.8 Å². The molecule has 6 heteroatoms. The van der Waals surface area contributed by atoms with Crippen LogP contribution in [0.2, 0.25) is 0 Å². The van der Waals surface area contributed by atoms with Gasteiger partial charge in [-0.15, -0.1) is 0 Å². The van der Waals surface area contributed by atoms with Gasteiger partial charge in [-0.3, -0.25) is 9.59 Å². The molecule has 0 aliphatic carbocycles. The second kappa shape index (κ2) is 5.79. The number of likely N-dealkylation sites (N-methyl/N-ethyl adjacent to an activating group) is 1. The third-order valence-corrected chi connectivity index (χ3v) is 4.16. The van der Waals surface area contributed by atoms with E-state index in [4.69, 9.17) is 4.42 Å². The second-order valence-corrected chi connectivity index (χ2v) is 5.58. The van der Waals surface area contributed by atoms with Gasteiger partial charge in [0.2, 0.25) is 5.91 Å². The van der Waals surface area contributed by atoms with Crippen LogP contribution in [0.3, 0.4) is 0 Å². The van der Waals surface area contributed by atoms with Crippen molar-refractivity contribution in [2.75, 3.05) is 25.5 Å². The van der Waals surface area contributed by atoms with Crippen molar-refractivity contribution in [3.63, 3.8) is 0 Å². The van der Waals surface area contributed by atoms with E-state index in [0.29, 0.717) is 11.3 Å². The zero-order valence-electron chi connectivity index (χ0n) is 13.4. The van der Waals surface area contributed by atoms with E-state index in [1.54, 1.807) is 31.3 Å². The number of rotatable bonds is 3. The van der Waals surface area contributed by atoms with Crippen LogP contribution in [0.4, 0.5) is 5.69 Å². The standard InChI is InChI=1S/C17H19N3O3/c1-11-8-9-23-15(11)16-19(3)17(22)12-6-4-5-7-13(12)20(16)10-14(21)18-2/h4-9,16H,10H2,1-3H3,(H,18,21)/t16-/m0/s1. The number of anilines is 1. The average Bonchev–Trinajstić information content (AvgIpc) is 2.98. The first kappa shape index (κ1) is 15.1. The van der Waals surface area contributed by atoms with Gasteiger partial charge in [0, 0.05) is 14.1 Å². The highest BCUT2D eigenvalue weighted by Gasteiger charge is 2.39. The molecule has 6 nitrogen and oxygen atoms in total. The normalized spacial score (nSPS) is 17.2. The lowest BCUT2D eigenvalue weighted by Gasteiger charge is -2.42. The summed E-state index contributed by atoms with van der Waals surface area (Å²) in [7, 11) is 3.32. The van der Waals surface area contributed by atoms with Gasteiger partial charge in [-0.2, -0.15) is 0 Å². The summed E-state index contributed by atoms with van der Waals surface area (Å²) < 4.78 is 5.62. The van der Waals surface area contributed by atoms with Crippen molar-refractivity contribution < 1.29 is 14.0 Å². The third-order valence-electron chi connectivity index (χ3n) is 4.16. The lowest BCUT2D eigenvalue weighted by molar-refractivity contribution is -0.119. The molecule has 2 aromatic rings. The van der Waals surface area contributed by atoms with Crippen molar-refractivity contribution in [1.29, 1.82) is 0 Å². The smallest absolute Gasteiger partial charge is 0.257 e. The van der Waals surface area contributed by atoms with E-state index >= 15 is 0 Å². The fraction of sp³-hybridized carbons (Fsp3) is 0.294. The number of carbonyl (C=O) groups is 2. The van der Waals surface area contributed by atoms with Crippen molar-refractivity contribution in [3.8, 4) is 0 Å². The monoisotopic (exact) mass is 313 g/mol. The van der Waals surface area contributed by atoms with Gasteiger partial charge in [0.1, 0.15) is 5.76 Å². The Morgan fingerprint density at radius 2 is 2.04 bits per heavy atom. The minimum absolute atomic E-state index is 0.0884. The summed E-state index contributed by atoms with van der Waals surface area (Å²) in [6.45, 7) is 2.06. The minimum Gasteiger partial charge on any atom is -0.465 e. The Hall–Kier alpha value is -2.76. The summed E-state index contributed by atoms with van der Waals surface area (Å²) in [6.07, 6.45) is 1.14. The Labute approximate surface area is 134 Å². The van der Waals surface area contributed by atoms with Crippen LogP contribution in [0.25, 0.3) is 0 Å². The Kier molecular flexibility index (Phi) is 3.82. The number of hydrogen-bond acceptors (Lipinski definition) is 4. The van der Waals surface area contributed by atoms with Gasteiger partial charge in [-0.05, 0) is 30.7 Å². The first-order valence-electron chi connectivity index (χ1n) is 7.42. The number of benzene rings is 1. The van der Waals surface area contributed by atoms with E-state index in [0.717, 1.165) is 11.3 Å². The fourth-order valence-electron chi connectivity index (χ4n) is 2.92. The molecule has 0 fully saturated rings. The number of furan rings is 1. The number of aryl methyl sites for hydroxylation is 1. The van der Waals surface area contributed by atoms with Gasteiger partial charge in [-0.25, -0.2) is 0 Å². The van der Waals surface area contributed by atoms with Crippen LogP contribution in [0.15, 0.2) is 41.0 Å². The molecule has 1 N–H and O–H groups in total. The average molecular weight is 313 g/mol. The van der Waals surface area contributed by atoms with E-state index in [1.807, 2.05) is 36.1 Å². The number of carbonyl (C=O) groups excluding carboxylic acids is 2. The molecule has 2 heterocycles. The summed E-state index contributed by atoms with van der Waals surface area (Å²) in [5.41, 5.74) is 2.26. The van der Waals surface area contributed by atoms with E-state index in [-0.39, 0.29) is 18.4 Å². The number of para-hydroxylation sites is 1. The summed E-state index contributed by atoms with van der Waals surface area (Å²) >= 11 is 0. The van der Waals surface area contributed by atoms with Crippen molar-refractivity contribution >= 4 is 17.5 Å². The maximum atomic E-state index is 12.7. The summed E-state index contributed by atoms with van der Waals surface area (Å²) in [4.78, 5) is 28.2. The molecule has 1 aromatic heterocycles. The molecule has 0 unspecified atom stereocenters. The van der Waals surface area contributed by atoms with Crippen LogP contribution in [-0.2, 0) is 4.79 Å². The molecule has 23 heavy (non-hydrogen) atoms. The lowest BCUT2D eigenvalue weighted by atomic mass is 10.0. The Morgan fingerprint density at radius 3 is 2.70 bits per heavy atom. The number of nitrogens with one attached hydrogen (secondary N) is 1. The summed E-state index contributed by atoms with van der Waals surface area (Å²) in [6, 6.07) is 9.17. The quantitative estimate of drug-likeness (QED) is 0.940. The number of nitrogens with zero attached hydrogens (tertiary/aromatic N) is 2. The fourth-order valence-corrected chi connectivity index (χ4v) is 2.92. The van der Waals surface area contributed by atoms with E-state index in [1.165, 1.54) is 0 Å². The molecular weight excluding hydrogens is 294 g/mol. The Balaban J connectivity index is 2.14. The maximum Gasteiger partial charge on any atom is 0.257 e. The van der Waals surface area contributed by atoms with Crippen molar-refractivity contribution in [1.82, 2.24) is 10.2 Å². The predicted molar refractivity (Wildman–Crippen MR) is 86.1 cm³/mol. The largest absolute Gasteiger partial charge is 0.465 e. The van der Waals surface area contributed by atoms with Gasteiger partial charge in [-0.1, -0.05) is 12.1 Å². The van der Waals surface area contributed by atoms with Gasteiger partial charge in [0.25, 0.3) is 5.91 Å². The molecule has 0 spiro atoms. The van der Waals surface area contributed by atoms with Gasteiger partial charge in [0.15, 0.2) is 6.17 Å². The highest BCUT2D eigenvalue weighted by Crippen LogP contribution is 2.38. The first-order valence-corrected chi connectivity index (χ1v) is 7.42. The molecule has 0 saturated carbocycles. The maximum absolute atomic E-state index is 12.7. The molecule has 1 aliphatic heterocycles. The zero-order valence-corrected chi connectivity index (χ0v) is 13.4. The van der Waals surface area contributed by atoms with Crippen molar-refractivity contribution in [2.24, 2.45) is 0 Å². The zero-order chi connectivity index (χ0) is 16.6. The first-order chi connectivity index (χ1) is 11.0. The summed E-state index contributed by atoms with van der Waals surface area (Å²) in [5, 5.41) is 2.63. The van der Waals surface area contributed by atoms with Crippen LogP contribution in [0, 0.1) is 6.92 Å². The van der Waals surface area contributed by atoms with Gasteiger partial charge in [0.05, 0.1) is 24.1 Å². The molecule has 1 aromatic carbocycles.